The molecule has 0 aliphatic carbocycles. The van der Waals surface area contributed by atoms with Crippen molar-refractivity contribution in [3.8, 4) is 23.2 Å². The molecule has 0 fully saturated rings. The number of para-hydroxylation sites is 1. The average molecular weight is 418 g/mol. The van der Waals surface area contributed by atoms with Crippen molar-refractivity contribution in [3.63, 3.8) is 0 Å². The minimum atomic E-state index is 0.134. The minimum absolute atomic E-state index is 0.134. The molecular formula is C26H18N4O2. The second kappa shape index (κ2) is 7.06. The van der Waals surface area contributed by atoms with Gasteiger partial charge in [-0.25, -0.2) is 9.97 Å². The fourth-order valence-corrected chi connectivity index (χ4v) is 4.19. The van der Waals surface area contributed by atoms with Gasteiger partial charge in [0.2, 0.25) is 5.88 Å². The summed E-state index contributed by atoms with van der Waals surface area (Å²) in [6.07, 6.45) is 5.43. The number of fused-ring (bicyclic) bond motifs is 4. The average Bonchev–Trinajstić information content (AvgIpc) is 3.14. The van der Waals surface area contributed by atoms with E-state index in [-0.39, 0.29) is 5.75 Å². The Kier molecular flexibility index (Phi) is 4.04. The number of aryl methyl sites for hydroxylation is 1. The molecule has 6 rings (SSSR count). The van der Waals surface area contributed by atoms with Gasteiger partial charge in [0.05, 0.1) is 11.0 Å². The number of rotatable bonds is 3. The summed E-state index contributed by atoms with van der Waals surface area (Å²) in [6, 6.07) is 21.0. The largest absolute Gasteiger partial charge is 0.506 e. The molecule has 6 nitrogen and oxygen atoms in total. The van der Waals surface area contributed by atoms with Crippen molar-refractivity contribution in [2.24, 2.45) is 0 Å². The first kappa shape index (κ1) is 18.3. The summed E-state index contributed by atoms with van der Waals surface area (Å²) in [7, 11) is 0. The van der Waals surface area contributed by atoms with Crippen molar-refractivity contribution in [1.82, 2.24) is 19.5 Å². The van der Waals surface area contributed by atoms with Crippen LogP contribution < -0.4 is 4.74 Å². The maximum absolute atomic E-state index is 10.2. The molecule has 0 spiro atoms. The van der Waals surface area contributed by atoms with Gasteiger partial charge in [0.1, 0.15) is 22.8 Å². The van der Waals surface area contributed by atoms with Crippen molar-refractivity contribution in [2.45, 2.75) is 6.92 Å². The number of hydrogen-bond donors (Lipinski definition) is 1. The first-order chi connectivity index (χ1) is 15.7. The normalized spacial score (nSPS) is 11.4. The third kappa shape index (κ3) is 2.85. The van der Waals surface area contributed by atoms with Gasteiger partial charge in [-0.3, -0.25) is 9.55 Å². The number of hydrogen-bond acceptors (Lipinski definition) is 5. The van der Waals surface area contributed by atoms with Gasteiger partial charge in [0, 0.05) is 46.9 Å². The molecule has 0 aliphatic heterocycles. The molecule has 2 aromatic carbocycles. The summed E-state index contributed by atoms with van der Waals surface area (Å²) in [5.41, 5.74) is 3.49. The third-order valence-corrected chi connectivity index (χ3v) is 5.64. The molecule has 0 saturated carbocycles. The molecule has 0 bridgehead atoms. The maximum Gasteiger partial charge on any atom is 0.220 e. The predicted octanol–water partition coefficient (Wildman–Crippen LogP) is 5.93. The number of ether oxygens (including phenoxy) is 1. The molecule has 4 aromatic heterocycles. The van der Waals surface area contributed by atoms with Crippen molar-refractivity contribution in [1.29, 1.82) is 0 Å². The Bertz CT molecular complexity index is 1620. The molecule has 0 saturated heterocycles. The summed E-state index contributed by atoms with van der Waals surface area (Å²) in [5.74, 6) is 2.03. The maximum atomic E-state index is 10.2. The molecular weight excluding hydrogens is 400 g/mol. The van der Waals surface area contributed by atoms with Crippen LogP contribution in [0.4, 0.5) is 0 Å². The zero-order valence-electron chi connectivity index (χ0n) is 17.2. The smallest absolute Gasteiger partial charge is 0.220 e. The van der Waals surface area contributed by atoms with E-state index in [0.29, 0.717) is 17.1 Å². The summed E-state index contributed by atoms with van der Waals surface area (Å²) in [5, 5.41) is 13.2. The highest BCUT2D eigenvalue weighted by Gasteiger charge is 2.15. The highest BCUT2D eigenvalue weighted by atomic mass is 16.5. The van der Waals surface area contributed by atoms with Crippen LogP contribution in [0.5, 0.6) is 17.4 Å². The van der Waals surface area contributed by atoms with E-state index in [4.69, 9.17) is 4.74 Å². The molecule has 4 heterocycles. The number of nitrogens with zero attached hydrogens (tertiary/aromatic N) is 4. The zero-order chi connectivity index (χ0) is 21.7. The topological polar surface area (TPSA) is 73.1 Å². The lowest BCUT2D eigenvalue weighted by Gasteiger charge is -2.10. The van der Waals surface area contributed by atoms with E-state index in [2.05, 4.69) is 19.5 Å². The molecule has 0 amide bonds. The Hall–Kier alpha value is -4.45. The SMILES string of the molecule is Cc1cc(Oc2ccc3c4cnccc4n(-c4ccccn4)c3c2)nc2c(O)cccc12. The van der Waals surface area contributed by atoms with Crippen LogP contribution in [0, 0.1) is 6.92 Å². The van der Waals surface area contributed by atoms with E-state index in [1.165, 1.54) is 0 Å². The molecule has 0 radical (unpaired) electrons. The van der Waals surface area contributed by atoms with Gasteiger partial charge in [0.25, 0.3) is 0 Å². The van der Waals surface area contributed by atoms with Crippen LogP contribution in [-0.4, -0.2) is 24.6 Å². The summed E-state index contributed by atoms with van der Waals surface area (Å²) < 4.78 is 8.25. The first-order valence-electron chi connectivity index (χ1n) is 10.3. The van der Waals surface area contributed by atoms with Crippen LogP contribution >= 0.6 is 0 Å². The van der Waals surface area contributed by atoms with E-state index in [0.717, 1.165) is 38.6 Å². The molecule has 6 heteroatoms. The standard InChI is InChI=1S/C26H18N4O2/c1-16-13-25(29-26-18(16)5-4-6-23(26)31)32-17-8-9-19-20-15-27-12-10-21(20)30(22(19)14-17)24-7-2-3-11-28-24/h2-15,31H,1H3. The molecule has 154 valence electrons. The second-order valence-electron chi connectivity index (χ2n) is 7.65. The van der Waals surface area contributed by atoms with Crippen LogP contribution in [0.25, 0.3) is 38.5 Å². The number of aromatic nitrogens is 4. The molecule has 0 aliphatic rings. The Morgan fingerprint density at radius 3 is 2.66 bits per heavy atom. The Morgan fingerprint density at radius 1 is 0.844 bits per heavy atom. The molecule has 32 heavy (non-hydrogen) atoms. The Morgan fingerprint density at radius 2 is 1.78 bits per heavy atom. The summed E-state index contributed by atoms with van der Waals surface area (Å²) in [6.45, 7) is 1.98. The zero-order valence-corrected chi connectivity index (χ0v) is 17.2. The monoisotopic (exact) mass is 418 g/mol. The van der Waals surface area contributed by atoms with Gasteiger partial charge < -0.3 is 9.84 Å². The highest BCUT2D eigenvalue weighted by Crippen LogP contribution is 2.35. The van der Waals surface area contributed by atoms with E-state index in [1.54, 1.807) is 18.5 Å². The number of pyridine rings is 3. The van der Waals surface area contributed by atoms with E-state index in [9.17, 15) is 5.11 Å². The minimum Gasteiger partial charge on any atom is -0.506 e. The van der Waals surface area contributed by atoms with Crippen LogP contribution in [0.1, 0.15) is 5.56 Å². The van der Waals surface area contributed by atoms with Crippen LogP contribution in [0.15, 0.2) is 85.3 Å². The van der Waals surface area contributed by atoms with Gasteiger partial charge in [-0.2, -0.15) is 0 Å². The second-order valence-corrected chi connectivity index (χ2v) is 7.65. The fraction of sp³-hybridized carbons (Fsp3) is 0.0385. The van der Waals surface area contributed by atoms with Crippen molar-refractivity contribution < 1.29 is 9.84 Å². The van der Waals surface area contributed by atoms with Gasteiger partial charge in [-0.1, -0.05) is 18.2 Å². The van der Waals surface area contributed by atoms with E-state index < -0.39 is 0 Å². The van der Waals surface area contributed by atoms with Crippen molar-refractivity contribution >= 4 is 32.7 Å². The number of phenolic OH excluding ortho intramolecular Hbond substituents is 1. The van der Waals surface area contributed by atoms with E-state index >= 15 is 0 Å². The lowest BCUT2D eigenvalue weighted by Crippen LogP contribution is -1.97. The lowest BCUT2D eigenvalue weighted by molar-refractivity contribution is 0.460. The third-order valence-electron chi connectivity index (χ3n) is 5.64. The molecule has 6 aromatic rings. The number of aromatic hydroxyl groups is 1. The lowest BCUT2D eigenvalue weighted by atomic mass is 10.1. The Labute approximate surface area is 183 Å². The van der Waals surface area contributed by atoms with Gasteiger partial charge in [-0.15, -0.1) is 0 Å². The van der Waals surface area contributed by atoms with E-state index in [1.807, 2.05) is 73.8 Å². The van der Waals surface area contributed by atoms with Crippen LogP contribution in [0.2, 0.25) is 0 Å². The van der Waals surface area contributed by atoms with Crippen LogP contribution in [0.3, 0.4) is 0 Å². The molecule has 1 N–H and O–H groups in total. The molecule has 0 unspecified atom stereocenters. The van der Waals surface area contributed by atoms with Crippen LogP contribution in [-0.2, 0) is 0 Å². The van der Waals surface area contributed by atoms with Crippen molar-refractivity contribution in [2.75, 3.05) is 0 Å². The summed E-state index contributed by atoms with van der Waals surface area (Å²) in [4.78, 5) is 13.4. The van der Waals surface area contributed by atoms with Gasteiger partial charge in [0.15, 0.2) is 0 Å². The highest BCUT2D eigenvalue weighted by molar-refractivity contribution is 6.09. The predicted molar refractivity (Wildman–Crippen MR) is 125 cm³/mol. The Balaban J connectivity index is 1.53. The summed E-state index contributed by atoms with van der Waals surface area (Å²) >= 11 is 0. The van der Waals surface area contributed by atoms with Gasteiger partial charge in [-0.05, 0) is 48.9 Å². The molecule has 0 atom stereocenters. The number of benzene rings is 2. The van der Waals surface area contributed by atoms with Gasteiger partial charge >= 0.3 is 0 Å². The fourth-order valence-electron chi connectivity index (χ4n) is 4.19. The van der Waals surface area contributed by atoms with Crippen molar-refractivity contribution in [3.05, 3.63) is 90.9 Å². The number of phenols is 1. The quantitative estimate of drug-likeness (QED) is 0.386. The first-order valence-corrected chi connectivity index (χ1v) is 10.3.